The fourth-order valence-corrected chi connectivity index (χ4v) is 2.89. The highest BCUT2D eigenvalue weighted by Gasteiger charge is 2.18. The third-order valence-corrected chi connectivity index (χ3v) is 4.39. The number of hydrogen-bond donors (Lipinski definition) is 1. The highest BCUT2D eigenvalue weighted by atomic mass is 16.5. The second-order valence-electron chi connectivity index (χ2n) is 7.11. The van der Waals surface area contributed by atoms with E-state index in [0.717, 1.165) is 22.5 Å². The molecule has 1 aromatic heterocycles. The predicted octanol–water partition coefficient (Wildman–Crippen LogP) is 4.62. The first-order valence-corrected chi connectivity index (χ1v) is 9.64. The number of esters is 1. The molecule has 150 valence electrons. The summed E-state index contributed by atoms with van der Waals surface area (Å²) in [6, 6.07) is 17.1. The Labute approximate surface area is 170 Å². The number of carbonyl (C=O) groups is 2. The molecule has 6 heteroatoms. The van der Waals surface area contributed by atoms with Gasteiger partial charge in [-0.25, -0.2) is 9.48 Å². The number of aryl methyl sites for hydroxylation is 1. The van der Waals surface area contributed by atoms with Crippen LogP contribution < -0.4 is 5.32 Å². The van der Waals surface area contributed by atoms with Gasteiger partial charge >= 0.3 is 5.97 Å². The molecule has 0 spiro atoms. The zero-order valence-electron chi connectivity index (χ0n) is 17.1. The number of ether oxygens (including phenoxy) is 1. The molecular weight excluding hydrogens is 366 g/mol. The van der Waals surface area contributed by atoms with E-state index in [4.69, 9.17) is 4.74 Å². The molecule has 0 saturated heterocycles. The maximum Gasteiger partial charge on any atom is 0.358 e. The van der Waals surface area contributed by atoms with Crippen molar-refractivity contribution in [3.8, 4) is 16.9 Å². The third kappa shape index (κ3) is 4.71. The summed E-state index contributed by atoms with van der Waals surface area (Å²) in [5, 5.41) is 7.40. The summed E-state index contributed by atoms with van der Waals surface area (Å²) in [5.74, 6) is -0.641. The molecular formula is C23H25N3O3. The average molecular weight is 391 g/mol. The lowest BCUT2D eigenvalue weighted by Gasteiger charge is -2.11. The monoisotopic (exact) mass is 391 g/mol. The van der Waals surface area contributed by atoms with Crippen LogP contribution in [0.3, 0.4) is 0 Å². The molecule has 1 N–H and O–H groups in total. The highest BCUT2D eigenvalue weighted by molar-refractivity contribution is 5.93. The van der Waals surface area contributed by atoms with Crippen LogP contribution in [-0.2, 0) is 9.53 Å². The summed E-state index contributed by atoms with van der Waals surface area (Å²) < 4.78 is 6.85. The zero-order valence-corrected chi connectivity index (χ0v) is 17.1. The largest absolute Gasteiger partial charge is 0.461 e. The molecule has 0 bridgehead atoms. The quantitative estimate of drug-likeness (QED) is 0.622. The Morgan fingerprint density at radius 3 is 2.55 bits per heavy atom. The summed E-state index contributed by atoms with van der Waals surface area (Å²) in [6.45, 7) is 7.73. The van der Waals surface area contributed by atoms with Crippen LogP contribution in [0, 0.1) is 12.8 Å². The van der Waals surface area contributed by atoms with E-state index in [1.54, 1.807) is 17.7 Å². The molecule has 29 heavy (non-hydrogen) atoms. The maximum absolute atomic E-state index is 12.3. The van der Waals surface area contributed by atoms with Crippen LogP contribution in [0.2, 0.25) is 0 Å². The molecule has 0 saturated carbocycles. The lowest BCUT2D eigenvalue weighted by Crippen LogP contribution is -2.17. The molecule has 0 fully saturated rings. The molecule has 2 aromatic carbocycles. The van der Waals surface area contributed by atoms with Crippen LogP contribution in [0.25, 0.3) is 16.9 Å². The van der Waals surface area contributed by atoms with E-state index in [1.807, 2.05) is 69.3 Å². The maximum atomic E-state index is 12.3. The van der Waals surface area contributed by atoms with Crippen molar-refractivity contribution in [2.75, 3.05) is 11.9 Å². The Morgan fingerprint density at radius 1 is 1.10 bits per heavy atom. The van der Waals surface area contributed by atoms with Crippen LogP contribution in [0.4, 0.5) is 5.69 Å². The minimum atomic E-state index is -0.468. The summed E-state index contributed by atoms with van der Waals surface area (Å²) >= 11 is 0. The topological polar surface area (TPSA) is 73.2 Å². The van der Waals surface area contributed by atoms with Crippen LogP contribution >= 0.6 is 0 Å². The first kappa shape index (κ1) is 20.3. The number of anilines is 1. The first-order chi connectivity index (χ1) is 13.9. The van der Waals surface area contributed by atoms with Gasteiger partial charge in [0.2, 0.25) is 5.91 Å². The van der Waals surface area contributed by atoms with E-state index in [-0.39, 0.29) is 24.1 Å². The van der Waals surface area contributed by atoms with Crippen LogP contribution in [-0.4, -0.2) is 28.3 Å². The normalized spacial score (nSPS) is 10.8. The van der Waals surface area contributed by atoms with E-state index < -0.39 is 5.97 Å². The van der Waals surface area contributed by atoms with E-state index >= 15 is 0 Å². The zero-order chi connectivity index (χ0) is 21.0. The fourth-order valence-electron chi connectivity index (χ4n) is 2.89. The Bertz CT molecular complexity index is 1040. The van der Waals surface area contributed by atoms with Crippen LogP contribution in [0.15, 0.2) is 54.6 Å². The van der Waals surface area contributed by atoms with Gasteiger partial charge in [-0.05, 0) is 49.7 Å². The van der Waals surface area contributed by atoms with E-state index in [0.29, 0.717) is 5.69 Å². The second-order valence-corrected chi connectivity index (χ2v) is 7.11. The number of aromatic nitrogens is 2. The SMILES string of the molecule is CCOC(=O)c1cc(-c2cccc(NC(=O)C(C)C)c2)n(-c2cccc(C)c2)n1. The Hall–Kier alpha value is -3.41. The van der Waals surface area contributed by atoms with E-state index in [1.165, 1.54) is 0 Å². The van der Waals surface area contributed by atoms with Gasteiger partial charge in [0.05, 0.1) is 18.0 Å². The van der Waals surface area contributed by atoms with Gasteiger partial charge in [-0.1, -0.05) is 38.1 Å². The summed E-state index contributed by atoms with van der Waals surface area (Å²) in [6.07, 6.45) is 0. The molecule has 3 aromatic rings. The van der Waals surface area contributed by atoms with Crippen molar-refractivity contribution in [1.82, 2.24) is 9.78 Å². The summed E-state index contributed by atoms with van der Waals surface area (Å²) in [4.78, 5) is 24.3. The summed E-state index contributed by atoms with van der Waals surface area (Å²) in [7, 11) is 0. The van der Waals surface area contributed by atoms with Crippen molar-refractivity contribution in [3.63, 3.8) is 0 Å². The van der Waals surface area contributed by atoms with Crippen LogP contribution in [0.5, 0.6) is 0 Å². The van der Waals surface area contributed by atoms with E-state index in [9.17, 15) is 9.59 Å². The van der Waals surface area contributed by atoms with Gasteiger partial charge in [-0.15, -0.1) is 0 Å². The van der Waals surface area contributed by atoms with Gasteiger partial charge in [0.25, 0.3) is 0 Å². The average Bonchev–Trinajstić information content (AvgIpc) is 3.14. The lowest BCUT2D eigenvalue weighted by molar-refractivity contribution is -0.118. The third-order valence-electron chi connectivity index (χ3n) is 4.39. The number of amides is 1. The van der Waals surface area contributed by atoms with Gasteiger partial charge in [0.1, 0.15) is 0 Å². The van der Waals surface area contributed by atoms with E-state index in [2.05, 4.69) is 10.4 Å². The van der Waals surface area contributed by atoms with Crippen molar-refractivity contribution < 1.29 is 14.3 Å². The Balaban J connectivity index is 2.08. The molecule has 0 unspecified atom stereocenters. The van der Waals surface area contributed by atoms with Gasteiger partial charge in [0, 0.05) is 17.2 Å². The number of nitrogens with zero attached hydrogens (tertiary/aromatic N) is 2. The Morgan fingerprint density at radius 2 is 1.86 bits per heavy atom. The minimum absolute atomic E-state index is 0.0541. The molecule has 0 aliphatic rings. The van der Waals surface area contributed by atoms with Gasteiger partial charge in [-0.2, -0.15) is 5.10 Å². The van der Waals surface area contributed by atoms with Crippen molar-refractivity contribution in [3.05, 3.63) is 65.9 Å². The minimum Gasteiger partial charge on any atom is -0.461 e. The molecule has 0 radical (unpaired) electrons. The van der Waals surface area contributed by atoms with Gasteiger partial charge < -0.3 is 10.1 Å². The number of rotatable bonds is 6. The van der Waals surface area contributed by atoms with Crippen LogP contribution in [0.1, 0.15) is 36.8 Å². The van der Waals surface area contributed by atoms with Crippen molar-refractivity contribution in [1.29, 1.82) is 0 Å². The molecule has 0 aliphatic heterocycles. The molecule has 0 aliphatic carbocycles. The number of benzene rings is 2. The summed E-state index contributed by atoms with van der Waals surface area (Å²) in [5.41, 5.74) is 4.41. The second kappa shape index (κ2) is 8.73. The molecule has 1 amide bonds. The smallest absolute Gasteiger partial charge is 0.358 e. The number of carbonyl (C=O) groups excluding carboxylic acids is 2. The molecule has 6 nitrogen and oxygen atoms in total. The predicted molar refractivity (Wildman–Crippen MR) is 113 cm³/mol. The van der Waals surface area contributed by atoms with Crippen molar-refractivity contribution in [2.24, 2.45) is 5.92 Å². The van der Waals surface area contributed by atoms with Crippen molar-refractivity contribution in [2.45, 2.75) is 27.7 Å². The number of nitrogens with one attached hydrogen (secondary N) is 1. The molecule has 3 rings (SSSR count). The standard InChI is InChI=1S/C23H25N3O3/c1-5-29-23(28)20-14-21(26(25-20)19-11-6-8-16(4)12-19)17-9-7-10-18(13-17)24-22(27)15(2)3/h6-15H,5H2,1-4H3,(H,24,27). The number of hydrogen-bond acceptors (Lipinski definition) is 4. The first-order valence-electron chi connectivity index (χ1n) is 9.64. The highest BCUT2D eigenvalue weighted by Crippen LogP contribution is 2.27. The lowest BCUT2D eigenvalue weighted by atomic mass is 10.1. The van der Waals surface area contributed by atoms with Gasteiger partial charge in [-0.3, -0.25) is 4.79 Å². The Kier molecular flexibility index (Phi) is 6.12. The molecule has 1 heterocycles. The van der Waals surface area contributed by atoms with Gasteiger partial charge in [0.15, 0.2) is 5.69 Å². The van der Waals surface area contributed by atoms with Crippen molar-refractivity contribution >= 4 is 17.6 Å². The fraction of sp³-hybridized carbons (Fsp3) is 0.261. The molecule has 0 atom stereocenters.